The quantitative estimate of drug-likeness (QED) is 0.580. The Hall–Kier alpha value is -2.77. The van der Waals surface area contributed by atoms with Crippen molar-refractivity contribution in [2.75, 3.05) is 39.3 Å². The molecule has 0 radical (unpaired) electrons. The fourth-order valence-electron chi connectivity index (χ4n) is 2.62. The molecule has 2 aliphatic rings. The van der Waals surface area contributed by atoms with Crippen molar-refractivity contribution in [2.24, 2.45) is 0 Å². The van der Waals surface area contributed by atoms with Crippen LogP contribution in [-0.4, -0.2) is 73.5 Å². The highest BCUT2D eigenvalue weighted by Gasteiger charge is 2.27. The van der Waals surface area contributed by atoms with Gasteiger partial charge in [0.05, 0.1) is 6.54 Å². The molecule has 1 aromatic carbocycles. The van der Waals surface area contributed by atoms with Gasteiger partial charge < -0.3 is 24.6 Å². The van der Waals surface area contributed by atoms with Gasteiger partial charge in [-0.1, -0.05) is 12.1 Å². The highest BCUT2D eigenvalue weighted by atomic mass is 16.6. The van der Waals surface area contributed by atoms with E-state index in [1.165, 1.54) is 4.90 Å². The van der Waals surface area contributed by atoms with Crippen LogP contribution in [0.15, 0.2) is 24.3 Å². The minimum absolute atomic E-state index is 0.188. The summed E-state index contributed by atoms with van der Waals surface area (Å²) in [5.74, 6) is 0.0400. The zero-order chi connectivity index (χ0) is 16.9. The van der Waals surface area contributed by atoms with Crippen molar-refractivity contribution >= 4 is 18.2 Å². The fourth-order valence-corrected chi connectivity index (χ4v) is 2.62. The van der Waals surface area contributed by atoms with E-state index in [-0.39, 0.29) is 12.6 Å². The molecule has 1 unspecified atom stereocenters. The molecule has 1 atom stereocenters. The first-order valence-electron chi connectivity index (χ1n) is 7.82. The molecule has 0 bridgehead atoms. The predicted molar refractivity (Wildman–Crippen MR) is 83.6 cm³/mol. The van der Waals surface area contributed by atoms with Gasteiger partial charge in [0, 0.05) is 26.2 Å². The average Bonchev–Trinajstić information content (AvgIpc) is 2.65. The monoisotopic (exact) mass is 333 g/mol. The summed E-state index contributed by atoms with van der Waals surface area (Å²) in [4.78, 5) is 37.8. The summed E-state index contributed by atoms with van der Waals surface area (Å²) in [5, 5.41) is 2.59. The van der Waals surface area contributed by atoms with Crippen LogP contribution in [0.1, 0.15) is 0 Å². The molecule has 128 valence electrons. The molecular weight excluding hydrogens is 314 g/mol. The first kappa shape index (κ1) is 16.1. The smallest absolute Gasteiger partial charge is 0.312 e. The van der Waals surface area contributed by atoms with Gasteiger partial charge in [-0.15, -0.1) is 0 Å². The molecule has 8 heteroatoms. The van der Waals surface area contributed by atoms with Crippen LogP contribution in [0, 0.1) is 0 Å². The number of ether oxygens (including phenoxy) is 2. The number of carbonyl (C=O) groups is 3. The minimum atomic E-state index is -0.669. The van der Waals surface area contributed by atoms with Gasteiger partial charge in [0.15, 0.2) is 11.5 Å². The lowest BCUT2D eigenvalue weighted by atomic mass is 10.2. The lowest BCUT2D eigenvalue weighted by Gasteiger charge is -2.32. The van der Waals surface area contributed by atoms with E-state index in [1.807, 2.05) is 18.2 Å². The maximum Gasteiger partial charge on any atom is 0.312 e. The third-order valence-electron chi connectivity index (χ3n) is 4.00. The van der Waals surface area contributed by atoms with Crippen LogP contribution in [0.25, 0.3) is 0 Å². The van der Waals surface area contributed by atoms with Crippen LogP contribution in [0.5, 0.6) is 11.5 Å². The molecule has 1 N–H and O–H groups in total. The number of carbonyl (C=O) groups excluding carboxylic acids is 3. The number of hydrogen-bond acceptors (Lipinski definition) is 5. The van der Waals surface area contributed by atoms with Crippen molar-refractivity contribution in [1.29, 1.82) is 0 Å². The van der Waals surface area contributed by atoms with E-state index < -0.39 is 11.8 Å². The van der Waals surface area contributed by atoms with Crippen LogP contribution in [0.4, 0.5) is 0 Å². The van der Waals surface area contributed by atoms with Gasteiger partial charge >= 0.3 is 11.8 Å². The molecule has 0 aliphatic carbocycles. The van der Waals surface area contributed by atoms with Crippen molar-refractivity contribution in [2.45, 2.75) is 6.10 Å². The third kappa shape index (κ3) is 3.58. The van der Waals surface area contributed by atoms with E-state index in [4.69, 9.17) is 9.47 Å². The molecule has 2 heterocycles. The Morgan fingerprint density at radius 1 is 1.17 bits per heavy atom. The second-order valence-electron chi connectivity index (χ2n) is 5.64. The molecule has 3 amide bonds. The topological polar surface area (TPSA) is 88.2 Å². The molecule has 2 aliphatic heterocycles. The molecular formula is C16H19N3O5. The Kier molecular flexibility index (Phi) is 4.83. The predicted octanol–water partition coefficient (Wildman–Crippen LogP) is -0.757. The SMILES string of the molecule is O=CN1CCN(C(=O)C(=O)NCC2COc3ccccc3O2)CC1. The van der Waals surface area contributed by atoms with Crippen LogP contribution in [-0.2, 0) is 14.4 Å². The van der Waals surface area contributed by atoms with Crippen LogP contribution in [0.3, 0.4) is 0 Å². The summed E-state index contributed by atoms with van der Waals surface area (Å²) in [7, 11) is 0. The van der Waals surface area contributed by atoms with Crippen molar-refractivity contribution in [3.63, 3.8) is 0 Å². The van der Waals surface area contributed by atoms with E-state index in [0.717, 1.165) is 6.41 Å². The van der Waals surface area contributed by atoms with Crippen molar-refractivity contribution in [3.05, 3.63) is 24.3 Å². The molecule has 1 fully saturated rings. The molecule has 0 spiro atoms. The fraction of sp³-hybridized carbons (Fsp3) is 0.438. The average molecular weight is 333 g/mol. The number of para-hydroxylation sites is 2. The second kappa shape index (κ2) is 7.20. The zero-order valence-electron chi connectivity index (χ0n) is 13.1. The number of amides is 3. The Morgan fingerprint density at radius 2 is 1.88 bits per heavy atom. The van der Waals surface area contributed by atoms with Gasteiger partial charge in [-0.25, -0.2) is 0 Å². The molecule has 1 aromatic rings. The largest absolute Gasteiger partial charge is 0.486 e. The number of nitrogens with zero attached hydrogens (tertiary/aromatic N) is 2. The van der Waals surface area contributed by atoms with Gasteiger partial charge in [0.2, 0.25) is 6.41 Å². The maximum absolute atomic E-state index is 12.1. The lowest BCUT2D eigenvalue weighted by molar-refractivity contribution is -0.147. The van der Waals surface area contributed by atoms with Gasteiger partial charge in [-0.2, -0.15) is 0 Å². The molecule has 1 saturated heterocycles. The van der Waals surface area contributed by atoms with Gasteiger partial charge in [-0.3, -0.25) is 14.4 Å². The van der Waals surface area contributed by atoms with Crippen molar-refractivity contribution in [3.8, 4) is 11.5 Å². The molecule has 24 heavy (non-hydrogen) atoms. The molecule has 0 saturated carbocycles. The third-order valence-corrected chi connectivity index (χ3v) is 4.00. The van der Waals surface area contributed by atoms with Crippen LogP contribution in [0.2, 0.25) is 0 Å². The first-order chi connectivity index (χ1) is 11.7. The van der Waals surface area contributed by atoms with E-state index in [0.29, 0.717) is 44.3 Å². The summed E-state index contributed by atoms with van der Waals surface area (Å²) in [5.41, 5.74) is 0. The van der Waals surface area contributed by atoms with E-state index in [9.17, 15) is 14.4 Å². The van der Waals surface area contributed by atoms with Crippen LogP contribution < -0.4 is 14.8 Å². The van der Waals surface area contributed by atoms with Gasteiger partial charge in [0.1, 0.15) is 12.7 Å². The Balaban J connectivity index is 1.46. The number of rotatable bonds is 3. The second-order valence-corrected chi connectivity index (χ2v) is 5.64. The highest BCUT2D eigenvalue weighted by molar-refractivity contribution is 6.35. The van der Waals surface area contributed by atoms with E-state index in [2.05, 4.69) is 5.32 Å². The summed E-state index contributed by atoms with van der Waals surface area (Å²) in [6.45, 7) is 2.11. The number of nitrogens with one attached hydrogen (secondary N) is 1. The standard InChI is InChI=1S/C16H19N3O5/c20-11-18-5-7-19(8-6-18)16(22)15(21)17-9-12-10-23-13-3-1-2-4-14(13)24-12/h1-4,11-12H,5-10H2,(H,17,21). The van der Waals surface area contributed by atoms with Gasteiger partial charge in [-0.05, 0) is 12.1 Å². The zero-order valence-corrected chi connectivity index (χ0v) is 13.1. The molecule has 3 rings (SSSR count). The molecule has 8 nitrogen and oxygen atoms in total. The Morgan fingerprint density at radius 3 is 2.58 bits per heavy atom. The highest BCUT2D eigenvalue weighted by Crippen LogP contribution is 2.30. The summed E-state index contributed by atoms with van der Waals surface area (Å²) in [6, 6.07) is 7.30. The lowest BCUT2D eigenvalue weighted by Crippen LogP contribution is -2.53. The van der Waals surface area contributed by atoms with Crippen LogP contribution >= 0.6 is 0 Å². The normalized spacial score (nSPS) is 19.6. The summed E-state index contributed by atoms with van der Waals surface area (Å²) >= 11 is 0. The Labute approximate surface area is 139 Å². The first-order valence-corrected chi connectivity index (χ1v) is 7.82. The minimum Gasteiger partial charge on any atom is -0.486 e. The van der Waals surface area contributed by atoms with Gasteiger partial charge in [0.25, 0.3) is 0 Å². The number of fused-ring (bicyclic) bond motifs is 1. The maximum atomic E-state index is 12.1. The van der Waals surface area contributed by atoms with E-state index >= 15 is 0 Å². The molecule has 0 aromatic heterocycles. The number of hydrogen-bond donors (Lipinski definition) is 1. The number of benzene rings is 1. The summed E-state index contributed by atoms with van der Waals surface area (Å²) < 4.78 is 11.3. The number of piperazine rings is 1. The summed E-state index contributed by atoms with van der Waals surface area (Å²) in [6.07, 6.45) is 0.406. The van der Waals surface area contributed by atoms with Crippen molar-refractivity contribution in [1.82, 2.24) is 15.1 Å². The Bertz CT molecular complexity index is 628. The van der Waals surface area contributed by atoms with Crippen molar-refractivity contribution < 1.29 is 23.9 Å². The van der Waals surface area contributed by atoms with E-state index in [1.54, 1.807) is 11.0 Å².